The minimum absolute atomic E-state index is 0.0193. The van der Waals surface area contributed by atoms with Crippen LogP contribution < -0.4 is 10.6 Å². The van der Waals surface area contributed by atoms with Gasteiger partial charge in [-0.1, -0.05) is 12.8 Å². The number of nitrogens with zero attached hydrogens (tertiary/aromatic N) is 2. The molecule has 0 spiro atoms. The van der Waals surface area contributed by atoms with E-state index in [1.54, 1.807) is 0 Å². The molecule has 1 aliphatic carbocycles. The molecule has 0 aromatic carbocycles. The van der Waals surface area contributed by atoms with Gasteiger partial charge in [-0.15, -0.1) is 0 Å². The predicted molar refractivity (Wildman–Crippen MR) is 76.0 cm³/mol. The second kappa shape index (κ2) is 5.12. The first-order valence-electron chi connectivity index (χ1n) is 6.83. The standard InChI is InChI=1S/C14H24N4/c1-10-9-12(18-14(2,3)4)17-13(15-10)16-11-7-5-6-8-11/h9,11H,5-8H2,1-4H3,(H2,15,16,17,18). The molecule has 0 amide bonds. The average Bonchev–Trinajstić information content (AvgIpc) is 2.66. The number of aromatic nitrogens is 2. The molecule has 1 aromatic heterocycles. The molecule has 0 aliphatic heterocycles. The van der Waals surface area contributed by atoms with Crippen LogP contribution in [0.1, 0.15) is 52.1 Å². The van der Waals surface area contributed by atoms with E-state index >= 15 is 0 Å². The lowest BCUT2D eigenvalue weighted by molar-refractivity contribution is 0.629. The third-order valence-corrected chi connectivity index (χ3v) is 3.05. The lowest BCUT2D eigenvalue weighted by Crippen LogP contribution is -2.27. The van der Waals surface area contributed by atoms with E-state index < -0.39 is 0 Å². The van der Waals surface area contributed by atoms with Crippen LogP contribution in [0.3, 0.4) is 0 Å². The van der Waals surface area contributed by atoms with Crippen molar-refractivity contribution >= 4 is 11.8 Å². The first-order chi connectivity index (χ1) is 8.42. The highest BCUT2D eigenvalue weighted by molar-refractivity contribution is 5.44. The Labute approximate surface area is 110 Å². The molecule has 0 atom stereocenters. The zero-order valence-electron chi connectivity index (χ0n) is 11.9. The van der Waals surface area contributed by atoms with Crippen LogP contribution in [0.5, 0.6) is 0 Å². The second-order valence-corrected chi connectivity index (χ2v) is 6.22. The third kappa shape index (κ3) is 3.86. The van der Waals surface area contributed by atoms with E-state index in [4.69, 9.17) is 0 Å². The predicted octanol–water partition coefficient (Wildman–Crippen LogP) is 3.35. The van der Waals surface area contributed by atoms with Gasteiger partial charge in [0.05, 0.1) is 0 Å². The summed E-state index contributed by atoms with van der Waals surface area (Å²) in [6.45, 7) is 8.41. The topological polar surface area (TPSA) is 49.8 Å². The summed E-state index contributed by atoms with van der Waals surface area (Å²) in [4.78, 5) is 9.01. The van der Waals surface area contributed by atoms with Gasteiger partial charge < -0.3 is 10.6 Å². The summed E-state index contributed by atoms with van der Waals surface area (Å²) in [5.74, 6) is 1.66. The van der Waals surface area contributed by atoms with Crippen LogP contribution in [0.2, 0.25) is 0 Å². The lowest BCUT2D eigenvalue weighted by atomic mass is 10.1. The van der Waals surface area contributed by atoms with Gasteiger partial charge in [-0.2, -0.15) is 4.98 Å². The minimum atomic E-state index is 0.0193. The molecule has 1 saturated carbocycles. The van der Waals surface area contributed by atoms with Crippen molar-refractivity contribution < 1.29 is 0 Å². The fraction of sp³-hybridized carbons (Fsp3) is 0.714. The Kier molecular flexibility index (Phi) is 3.73. The van der Waals surface area contributed by atoms with Gasteiger partial charge in [0.1, 0.15) is 5.82 Å². The molecule has 2 N–H and O–H groups in total. The van der Waals surface area contributed by atoms with Crippen molar-refractivity contribution in [3.8, 4) is 0 Å². The number of aryl methyl sites for hydroxylation is 1. The summed E-state index contributed by atoms with van der Waals surface area (Å²) in [6, 6.07) is 2.54. The van der Waals surface area contributed by atoms with Crippen molar-refractivity contribution in [2.45, 2.75) is 65.0 Å². The second-order valence-electron chi connectivity index (χ2n) is 6.22. The van der Waals surface area contributed by atoms with Gasteiger partial charge in [0.15, 0.2) is 0 Å². The summed E-state index contributed by atoms with van der Waals surface area (Å²) in [5, 5.41) is 6.84. The van der Waals surface area contributed by atoms with Crippen molar-refractivity contribution in [2.75, 3.05) is 10.6 Å². The summed E-state index contributed by atoms with van der Waals surface area (Å²) < 4.78 is 0. The van der Waals surface area contributed by atoms with Crippen LogP contribution in [0, 0.1) is 6.92 Å². The van der Waals surface area contributed by atoms with Crippen LogP contribution >= 0.6 is 0 Å². The fourth-order valence-corrected chi connectivity index (χ4v) is 2.33. The Morgan fingerprint density at radius 3 is 2.44 bits per heavy atom. The summed E-state index contributed by atoms with van der Waals surface area (Å²) >= 11 is 0. The third-order valence-electron chi connectivity index (χ3n) is 3.05. The number of anilines is 2. The van der Waals surface area contributed by atoms with E-state index in [1.165, 1.54) is 25.7 Å². The number of rotatable bonds is 3. The largest absolute Gasteiger partial charge is 0.365 e. The van der Waals surface area contributed by atoms with Crippen molar-refractivity contribution in [3.63, 3.8) is 0 Å². The SMILES string of the molecule is Cc1cc(NC(C)(C)C)nc(NC2CCCC2)n1. The molecule has 1 aliphatic rings. The highest BCUT2D eigenvalue weighted by Crippen LogP contribution is 2.22. The van der Waals surface area contributed by atoms with E-state index in [-0.39, 0.29) is 5.54 Å². The fourth-order valence-electron chi connectivity index (χ4n) is 2.33. The van der Waals surface area contributed by atoms with Crippen LogP contribution in [-0.4, -0.2) is 21.5 Å². The summed E-state index contributed by atoms with van der Waals surface area (Å²) in [6.07, 6.45) is 5.10. The monoisotopic (exact) mass is 248 g/mol. The van der Waals surface area contributed by atoms with Gasteiger partial charge in [-0.25, -0.2) is 4.98 Å². The lowest BCUT2D eigenvalue weighted by Gasteiger charge is -2.22. The van der Waals surface area contributed by atoms with Gasteiger partial charge in [-0.05, 0) is 40.5 Å². The van der Waals surface area contributed by atoms with E-state index in [2.05, 4.69) is 41.4 Å². The van der Waals surface area contributed by atoms with E-state index in [9.17, 15) is 0 Å². The van der Waals surface area contributed by atoms with Crippen LogP contribution in [0.25, 0.3) is 0 Å². The van der Waals surface area contributed by atoms with E-state index in [0.717, 1.165) is 17.5 Å². The van der Waals surface area contributed by atoms with Crippen LogP contribution in [0.15, 0.2) is 6.07 Å². The Bertz CT molecular complexity index is 403. The molecule has 1 fully saturated rings. The first kappa shape index (κ1) is 13.1. The molecule has 0 radical (unpaired) electrons. The van der Waals surface area contributed by atoms with Crippen molar-refractivity contribution in [1.82, 2.24) is 9.97 Å². The molecule has 100 valence electrons. The van der Waals surface area contributed by atoms with Crippen molar-refractivity contribution in [1.29, 1.82) is 0 Å². The number of nitrogens with one attached hydrogen (secondary N) is 2. The summed E-state index contributed by atoms with van der Waals surface area (Å²) in [5.41, 5.74) is 1.02. The molecule has 0 saturated heterocycles. The quantitative estimate of drug-likeness (QED) is 0.861. The Balaban J connectivity index is 2.10. The van der Waals surface area contributed by atoms with Gasteiger partial charge in [-0.3, -0.25) is 0 Å². The Morgan fingerprint density at radius 2 is 1.83 bits per heavy atom. The van der Waals surface area contributed by atoms with Crippen molar-refractivity contribution in [2.24, 2.45) is 0 Å². The van der Waals surface area contributed by atoms with Gasteiger partial charge in [0.2, 0.25) is 5.95 Å². The Hall–Kier alpha value is -1.32. The van der Waals surface area contributed by atoms with E-state index in [1.807, 2.05) is 13.0 Å². The highest BCUT2D eigenvalue weighted by Gasteiger charge is 2.17. The maximum Gasteiger partial charge on any atom is 0.225 e. The molecule has 4 nitrogen and oxygen atoms in total. The number of hydrogen-bond donors (Lipinski definition) is 2. The minimum Gasteiger partial charge on any atom is -0.365 e. The van der Waals surface area contributed by atoms with Crippen molar-refractivity contribution in [3.05, 3.63) is 11.8 Å². The maximum atomic E-state index is 4.55. The van der Waals surface area contributed by atoms with Gasteiger partial charge in [0.25, 0.3) is 0 Å². The smallest absolute Gasteiger partial charge is 0.225 e. The first-order valence-corrected chi connectivity index (χ1v) is 6.83. The molecule has 0 unspecified atom stereocenters. The van der Waals surface area contributed by atoms with Crippen LogP contribution in [0.4, 0.5) is 11.8 Å². The van der Waals surface area contributed by atoms with Gasteiger partial charge >= 0.3 is 0 Å². The van der Waals surface area contributed by atoms with E-state index in [0.29, 0.717) is 6.04 Å². The molecule has 18 heavy (non-hydrogen) atoms. The highest BCUT2D eigenvalue weighted by atomic mass is 15.2. The van der Waals surface area contributed by atoms with Crippen LogP contribution in [-0.2, 0) is 0 Å². The number of hydrogen-bond acceptors (Lipinski definition) is 4. The summed E-state index contributed by atoms with van der Waals surface area (Å²) in [7, 11) is 0. The molecular formula is C14H24N4. The molecule has 0 bridgehead atoms. The molecule has 4 heteroatoms. The molecule has 2 rings (SSSR count). The zero-order valence-corrected chi connectivity index (χ0v) is 11.9. The van der Waals surface area contributed by atoms with Gasteiger partial charge in [0, 0.05) is 23.3 Å². The molecule has 1 heterocycles. The Morgan fingerprint density at radius 1 is 1.17 bits per heavy atom. The molecule has 1 aromatic rings. The zero-order chi connectivity index (χ0) is 13.2. The molecular weight excluding hydrogens is 224 g/mol. The average molecular weight is 248 g/mol. The maximum absolute atomic E-state index is 4.55. The normalized spacial score (nSPS) is 16.9.